The summed E-state index contributed by atoms with van der Waals surface area (Å²) in [6.07, 6.45) is 6.42. The molecule has 2 aliphatic heterocycles. The van der Waals surface area contributed by atoms with Gasteiger partial charge in [0.25, 0.3) is 0 Å². The third-order valence-corrected chi connectivity index (χ3v) is 6.29. The highest BCUT2D eigenvalue weighted by atomic mass is 19.1. The number of hydrogen-bond acceptors (Lipinski definition) is 3. The molecule has 1 N–H and O–H groups in total. The van der Waals surface area contributed by atoms with Crippen molar-refractivity contribution in [1.82, 2.24) is 14.7 Å². The molecule has 2 bridgehead atoms. The predicted octanol–water partition coefficient (Wildman–Crippen LogP) is 3.76. The van der Waals surface area contributed by atoms with E-state index in [0.29, 0.717) is 30.5 Å². The average Bonchev–Trinajstić information content (AvgIpc) is 3.07. The van der Waals surface area contributed by atoms with Crippen LogP contribution < -0.4 is 0 Å². The number of rotatable bonds is 5. The van der Waals surface area contributed by atoms with Gasteiger partial charge in [-0.3, -0.25) is 9.58 Å². The average molecular weight is 357 g/mol. The smallest absolute Gasteiger partial charge is 0.129 e. The van der Waals surface area contributed by atoms with Crippen molar-refractivity contribution in [2.45, 2.75) is 76.7 Å². The molecule has 2 aromatic rings. The molecule has 2 atom stereocenters. The van der Waals surface area contributed by atoms with Crippen molar-refractivity contribution in [1.29, 1.82) is 0 Å². The summed E-state index contributed by atoms with van der Waals surface area (Å²) in [5, 5.41) is 15.8. The monoisotopic (exact) mass is 357 g/mol. The van der Waals surface area contributed by atoms with E-state index in [2.05, 4.69) is 28.5 Å². The zero-order valence-corrected chi connectivity index (χ0v) is 15.7. The summed E-state index contributed by atoms with van der Waals surface area (Å²) in [6, 6.07) is 7.29. The van der Waals surface area contributed by atoms with E-state index in [0.717, 1.165) is 32.4 Å². The van der Waals surface area contributed by atoms with Gasteiger partial charge in [-0.25, -0.2) is 4.39 Å². The van der Waals surface area contributed by atoms with Crippen LogP contribution in [0.15, 0.2) is 30.5 Å². The molecule has 26 heavy (non-hydrogen) atoms. The van der Waals surface area contributed by atoms with Crippen LogP contribution in [0.2, 0.25) is 0 Å². The fourth-order valence-electron chi connectivity index (χ4n) is 4.91. The largest absolute Gasteiger partial charge is 0.385 e. The van der Waals surface area contributed by atoms with Crippen LogP contribution in [0.25, 0.3) is 0 Å². The molecule has 0 amide bonds. The molecule has 3 heterocycles. The summed E-state index contributed by atoms with van der Waals surface area (Å²) >= 11 is 0. The number of aliphatic hydroxyl groups is 1. The Bertz CT molecular complexity index is 773. The summed E-state index contributed by atoms with van der Waals surface area (Å²) in [4.78, 5) is 2.51. The molecule has 0 unspecified atom stereocenters. The topological polar surface area (TPSA) is 41.3 Å². The van der Waals surface area contributed by atoms with E-state index < -0.39 is 5.60 Å². The number of fused-ring (bicyclic) bond motifs is 2. The van der Waals surface area contributed by atoms with Gasteiger partial charge in [-0.15, -0.1) is 0 Å². The number of benzene rings is 1. The second-order valence-corrected chi connectivity index (χ2v) is 7.96. The summed E-state index contributed by atoms with van der Waals surface area (Å²) in [5.74, 6) is -0.292. The van der Waals surface area contributed by atoms with E-state index >= 15 is 0 Å². The van der Waals surface area contributed by atoms with Gasteiger partial charge in [0.1, 0.15) is 5.82 Å². The Morgan fingerprint density at radius 2 is 1.92 bits per heavy atom. The van der Waals surface area contributed by atoms with Crippen molar-refractivity contribution in [2.75, 3.05) is 0 Å². The number of nitrogens with zero attached hydrogens (tertiary/aromatic N) is 3. The quantitative estimate of drug-likeness (QED) is 0.886. The Hall–Kier alpha value is -1.72. The lowest BCUT2D eigenvalue weighted by Gasteiger charge is -2.44. The first-order valence-corrected chi connectivity index (χ1v) is 9.76. The van der Waals surface area contributed by atoms with Crippen molar-refractivity contribution in [3.8, 4) is 0 Å². The van der Waals surface area contributed by atoms with Gasteiger partial charge in [-0.2, -0.15) is 5.10 Å². The zero-order valence-electron chi connectivity index (χ0n) is 15.7. The lowest BCUT2D eigenvalue weighted by atomic mass is 9.80. The van der Waals surface area contributed by atoms with Crippen LogP contribution >= 0.6 is 0 Å². The molecule has 0 radical (unpaired) electrons. The maximum absolute atomic E-state index is 14.3. The molecule has 5 heteroatoms. The molecule has 0 saturated carbocycles. The van der Waals surface area contributed by atoms with Gasteiger partial charge in [0.2, 0.25) is 0 Å². The van der Waals surface area contributed by atoms with Gasteiger partial charge in [-0.05, 0) is 45.1 Å². The van der Waals surface area contributed by atoms with Crippen LogP contribution in [0.4, 0.5) is 4.39 Å². The molecular formula is C21H28FN3O. The van der Waals surface area contributed by atoms with Gasteiger partial charge in [0.05, 0.1) is 11.8 Å². The lowest BCUT2D eigenvalue weighted by Crippen LogP contribution is -2.49. The Morgan fingerprint density at radius 1 is 1.23 bits per heavy atom. The minimum absolute atomic E-state index is 0.292. The van der Waals surface area contributed by atoms with Crippen LogP contribution in [0, 0.1) is 12.7 Å². The molecule has 4 nitrogen and oxygen atoms in total. The van der Waals surface area contributed by atoms with Crippen LogP contribution in [-0.4, -0.2) is 31.9 Å². The minimum atomic E-state index is -1.05. The van der Waals surface area contributed by atoms with E-state index in [4.69, 9.17) is 0 Å². The molecule has 0 spiro atoms. The standard InChI is InChI=1S/C21H28FN3O/c1-3-10-25-15(2)16(13-23-25)14-24-17-8-9-18(24)12-21(26,11-17)19-6-4-5-7-20(19)22/h4-7,13,17-18,26H,3,8-12,14H2,1-2H3/t17-,18-/m0/s1. The maximum atomic E-state index is 14.3. The van der Waals surface area contributed by atoms with Crippen molar-refractivity contribution < 1.29 is 9.50 Å². The summed E-state index contributed by atoms with van der Waals surface area (Å²) in [5.41, 5.74) is 1.92. The molecule has 2 aliphatic rings. The number of halogens is 1. The highest BCUT2D eigenvalue weighted by Gasteiger charge is 2.49. The summed E-state index contributed by atoms with van der Waals surface area (Å²) in [7, 11) is 0. The zero-order chi connectivity index (χ0) is 18.3. The first-order chi connectivity index (χ1) is 12.5. The maximum Gasteiger partial charge on any atom is 0.129 e. The lowest BCUT2D eigenvalue weighted by molar-refractivity contribution is -0.0616. The molecule has 1 aromatic carbocycles. The Kier molecular flexibility index (Phi) is 4.61. The van der Waals surface area contributed by atoms with Crippen molar-refractivity contribution in [2.24, 2.45) is 0 Å². The van der Waals surface area contributed by atoms with Crippen LogP contribution in [-0.2, 0) is 18.7 Å². The summed E-state index contributed by atoms with van der Waals surface area (Å²) in [6.45, 7) is 6.12. The first kappa shape index (κ1) is 17.7. The molecule has 2 saturated heterocycles. The van der Waals surface area contributed by atoms with Gasteiger partial charge < -0.3 is 5.11 Å². The second kappa shape index (κ2) is 6.78. The Balaban J connectivity index is 1.53. The van der Waals surface area contributed by atoms with Crippen molar-refractivity contribution in [3.05, 3.63) is 53.1 Å². The van der Waals surface area contributed by atoms with Crippen LogP contribution in [0.3, 0.4) is 0 Å². The van der Waals surface area contributed by atoms with Crippen LogP contribution in [0.1, 0.15) is 55.8 Å². The molecule has 1 aromatic heterocycles. The summed E-state index contributed by atoms with van der Waals surface area (Å²) < 4.78 is 16.4. The molecular weight excluding hydrogens is 329 g/mol. The molecule has 2 fully saturated rings. The number of hydrogen-bond donors (Lipinski definition) is 1. The SMILES string of the molecule is CCCn1ncc(CN2[C@H]3CC[C@H]2CC(O)(c2ccccc2F)C3)c1C. The first-order valence-electron chi connectivity index (χ1n) is 9.76. The fraction of sp³-hybridized carbons (Fsp3) is 0.571. The predicted molar refractivity (Wildman–Crippen MR) is 99.1 cm³/mol. The van der Waals surface area contributed by atoms with Gasteiger partial charge in [-0.1, -0.05) is 25.1 Å². The molecule has 4 rings (SSSR count). The van der Waals surface area contributed by atoms with Gasteiger partial charge >= 0.3 is 0 Å². The van der Waals surface area contributed by atoms with Crippen molar-refractivity contribution in [3.63, 3.8) is 0 Å². The second-order valence-electron chi connectivity index (χ2n) is 7.96. The third kappa shape index (κ3) is 2.97. The van der Waals surface area contributed by atoms with Gasteiger partial charge in [0.15, 0.2) is 0 Å². The van der Waals surface area contributed by atoms with E-state index in [1.54, 1.807) is 12.1 Å². The Labute approximate surface area is 154 Å². The Morgan fingerprint density at radius 3 is 2.58 bits per heavy atom. The van der Waals surface area contributed by atoms with E-state index in [1.165, 1.54) is 17.3 Å². The number of piperidine rings is 1. The minimum Gasteiger partial charge on any atom is -0.385 e. The van der Waals surface area contributed by atoms with E-state index in [9.17, 15) is 9.50 Å². The number of aryl methyl sites for hydroxylation is 1. The van der Waals surface area contributed by atoms with Gasteiger partial charge in [0, 0.05) is 42.0 Å². The fourth-order valence-corrected chi connectivity index (χ4v) is 4.91. The van der Waals surface area contributed by atoms with E-state index in [1.807, 2.05) is 12.3 Å². The van der Waals surface area contributed by atoms with E-state index in [-0.39, 0.29) is 5.82 Å². The number of aromatic nitrogens is 2. The molecule has 0 aliphatic carbocycles. The highest BCUT2D eigenvalue weighted by molar-refractivity contribution is 5.27. The normalized spacial score (nSPS) is 28.6. The third-order valence-electron chi connectivity index (χ3n) is 6.29. The highest BCUT2D eigenvalue weighted by Crippen LogP contribution is 2.46. The van der Waals surface area contributed by atoms with Crippen LogP contribution in [0.5, 0.6) is 0 Å². The molecule has 140 valence electrons. The van der Waals surface area contributed by atoms with Crippen molar-refractivity contribution >= 4 is 0 Å².